The number of hydrogen-bond acceptors (Lipinski definition) is 5. The third-order valence-electron chi connectivity index (χ3n) is 2.93. The van der Waals surface area contributed by atoms with E-state index in [2.05, 4.69) is 22.0 Å². The Kier molecular flexibility index (Phi) is 5.43. The van der Waals surface area contributed by atoms with Crippen LogP contribution in [0.2, 0.25) is 0 Å². The van der Waals surface area contributed by atoms with Crippen molar-refractivity contribution in [3.05, 3.63) is 16.8 Å². The van der Waals surface area contributed by atoms with E-state index in [1.54, 1.807) is 7.11 Å². The molecular formula is C12H20N4OS. The van der Waals surface area contributed by atoms with Gasteiger partial charge < -0.3 is 15.4 Å². The summed E-state index contributed by atoms with van der Waals surface area (Å²) in [5.41, 5.74) is 8.47. The van der Waals surface area contributed by atoms with Crippen LogP contribution in [0.25, 0.3) is 0 Å². The number of hydrogen-bond donors (Lipinski definition) is 1. The third kappa shape index (κ3) is 3.14. The van der Waals surface area contributed by atoms with Crippen molar-refractivity contribution in [2.24, 2.45) is 5.73 Å². The van der Waals surface area contributed by atoms with E-state index >= 15 is 0 Å². The molecular weight excluding hydrogens is 248 g/mol. The molecule has 0 saturated carbocycles. The van der Waals surface area contributed by atoms with Crippen molar-refractivity contribution < 1.29 is 4.74 Å². The van der Waals surface area contributed by atoms with Crippen molar-refractivity contribution in [2.45, 2.75) is 20.8 Å². The summed E-state index contributed by atoms with van der Waals surface area (Å²) in [6.45, 7) is 8.08. The highest BCUT2D eigenvalue weighted by atomic mass is 32.1. The van der Waals surface area contributed by atoms with Crippen LogP contribution in [0, 0.1) is 13.8 Å². The molecule has 0 aliphatic carbocycles. The topological polar surface area (TPSA) is 64.3 Å². The second kappa shape index (κ2) is 6.61. The zero-order valence-corrected chi connectivity index (χ0v) is 12.2. The Bertz CT molecular complexity index is 436. The van der Waals surface area contributed by atoms with E-state index in [1.165, 1.54) is 0 Å². The molecule has 1 rings (SSSR count). The lowest BCUT2D eigenvalue weighted by atomic mass is 10.1. The Morgan fingerprint density at radius 1 is 1.39 bits per heavy atom. The van der Waals surface area contributed by atoms with Crippen molar-refractivity contribution in [1.29, 1.82) is 0 Å². The summed E-state index contributed by atoms with van der Waals surface area (Å²) in [4.78, 5) is 2.42. The maximum absolute atomic E-state index is 5.81. The van der Waals surface area contributed by atoms with Gasteiger partial charge in [-0.25, -0.2) is 0 Å². The molecule has 0 bridgehead atoms. The summed E-state index contributed by atoms with van der Waals surface area (Å²) in [5.74, 6) is 0.741. The van der Waals surface area contributed by atoms with Gasteiger partial charge >= 0.3 is 0 Å². The number of methoxy groups -OCH3 is 1. The first-order chi connectivity index (χ1) is 8.52. The van der Waals surface area contributed by atoms with Crippen LogP contribution < -0.4 is 10.6 Å². The second-order valence-corrected chi connectivity index (χ2v) is 4.49. The molecule has 0 fully saturated rings. The summed E-state index contributed by atoms with van der Waals surface area (Å²) in [7, 11) is 1.67. The van der Waals surface area contributed by atoms with E-state index < -0.39 is 0 Å². The van der Waals surface area contributed by atoms with Gasteiger partial charge in [0.2, 0.25) is 0 Å². The van der Waals surface area contributed by atoms with Crippen molar-refractivity contribution in [3.63, 3.8) is 0 Å². The lowest BCUT2D eigenvalue weighted by Gasteiger charge is -2.24. The number of thiocarbonyl (C=S) groups is 1. The molecule has 0 aromatic carbocycles. The van der Waals surface area contributed by atoms with Crippen molar-refractivity contribution >= 4 is 23.0 Å². The van der Waals surface area contributed by atoms with Crippen LogP contribution >= 0.6 is 12.2 Å². The average Bonchev–Trinajstić information content (AvgIpc) is 2.34. The monoisotopic (exact) mass is 268 g/mol. The molecule has 0 radical (unpaired) electrons. The van der Waals surface area contributed by atoms with Crippen molar-refractivity contribution in [1.82, 2.24) is 10.2 Å². The molecule has 18 heavy (non-hydrogen) atoms. The van der Waals surface area contributed by atoms with Gasteiger partial charge in [0.05, 0.1) is 17.9 Å². The van der Waals surface area contributed by atoms with E-state index in [1.807, 2.05) is 13.8 Å². The highest BCUT2D eigenvalue weighted by molar-refractivity contribution is 7.80. The van der Waals surface area contributed by atoms with Gasteiger partial charge in [-0.05, 0) is 26.3 Å². The predicted octanol–water partition coefficient (Wildman–Crippen LogP) is 1.20. The molecule has 0 atom stereocenters. The highest BCUT2D eigenvalue weighted by Gasteiger charge is 2.17. The van der Waals surface area contributed by atoms with E-state index in [0.29, 0.717) is 11.6 Å². The number of ether oxygens (including phenoxy) is 1. The first-order valence-corrected chi connectivity index (χ1v) is 6.31. The van der Waals surface area contributed by atoms with Gasteiger partial charge in [-0.15, -0.1) is 5.10 Å². The standard InChI is InChI=1S/C12H20N4OS/c1-5-16(6-7-17-4)12-10(11(13)18)8(2)9(3)14-15-12/h5-7H2,1-4H3,(H2,13,18). The number of rotatable bonds is 6. The number of aryl methyl sites for hydroxylation is 1. The van der Waals surface area contributed by atoms with Crippen molar-refractivity contribution in [3.8, 4) is 0 Å². The Morgan fingerprint density at radius 2 is 2.06 bits per heavy atom. The maximum Gasteiger partial charge on any atom is 0.161 e. The lowest BCUT2D eigenvalue weighted by Crippen LogP contribution is -2.31. The van der Waals surface area contributed by atoms with Gasteiger partial charge in [-0.1, -0.05) is 12.2 Å². The quantitative estimate of drug-likeness (QED) is 0.782. The largest absolute Gasteiger partial charge is 0.389 e. The second-order valence-electron chi connectivity index (χ2n) is 4.05. The molecule has 100 valence electrons. The zero-order valence-electron chi connectivity index (χ0n) is 11.4. The Morgan fingerprint density at radius 3 is 2.56 bits per heavy atom. The SMILES string of the molecule is CCN(CCOC)c1nnc(C)c(C)c1C(N)=S. The molecule has 1 heterocycles. The molecule has 1 aromatic heterocycles. The molecule has 1 aromatic rings. The zero-order chi connectivity index (χ0) is 13.7. The first kappa shape index (κ1) is 14.8. The van der Waals surface area contributed by atoms with Crippen LogP contribution in [0.3, 0.4) is 0 Å². The maximum atomic E-state index is 5.81. The Labute approximate surface area is 113 Å². The minimum Gasteiger partial charge on any atom is -0.389 e. The van der Waals surface area contributed by atoms with E-state index in [0.717, 1.165) is 35.7 Å². The molecule has 0 unspecified atom stereocenters. The van der Waals surface area contributed by atoms with Crippen LogP contribution in [0.5, 0.6) is 0 Å². The molecule has 0 spiro atoms. The third-order valence-corrected chi connectivity index (χ3v) is 3.13. The minimum atomic E-state index is 0.358. The fourth-order valence-corrected chi connectivity index (χ4v) is 1.97. The van der Waals surface area contributed by atoms with Gasteiger partial charge in [0, 0.05) is 20.2 Å². The molecule has 6 heteroatoms. The van der Waals surface area contributed by atoms with Crippen LogP contribution in [0.1, 0.15) is 23.7 Å². The summed E-state index contributed by atoms with van der Waals surface area (Å²) in [6.07, 6.45) is 0. The van der Waals surface area contributed by atoms with E-state index in [-0.39, 0.29) is 0 Å². The number of nitrogens with two attached hydrogens (primary N) is 1. The van der Waals surface area contributed by atoms with Crippen LogP contribution in [-0.2, 0) is 4.74 Å². The fourth-order valence-electron chi connectivity index (χ4n) is 1.73. The summed E-state index contributed by atoms with van der Waals surface area (Å²) >= 11 is 5.13. The molecule has 0 aliphatic heterocycles. The molecule has 5 nitrogen and oxygen atoms in total. The lowest BCUT2D eigenvalue weighted by molar-refractivity contribution is 0.205. The summed E-state index contributed by atoms with van der Waals surface area (Å²) in [6, 6.07) is 0. The van der Waals surface area contributed by atoms with Crippen LogP contribution in [-0.4, -0.2) is 42.0 Å². The van der Waals surface area contributed by atoms with Gasteiger partial charge in [-0.2, -0.15) is 5.10 Å². The molecule has 0 aliphatic rings. The number of nitrogens with zero attached hydrogens (tertiary/aromatic N) is 3. The fraction of sp³-hybridized carbons (Fsp3) is 0.583. The highest BCUT2D eigenvalue weighted by Crippen LogP contribution is 2.21. The van der Waals surface area contributed by atoms with Crippen molar-refractivity contribution in [2.75, 3.05) is 31.7 Å². The Hall–Kier alpha value is -1.27. The van der Waals surface area contributed by atoms with E-state index in [9.17, 15) is 0 Å². The van der Waals surface area contributed by atoms with Gasteiger partial charge in [0.15, 0.2) is 5.82 Å². The predicted molar refractivity (Wildman–Crippen MR) is 77.2 cm³/mol. The summed E-state index contributed by atoms with van der Waals surface area (Å²) in [5, 5.41) is 8.39. The molecule has 0 saturated heterocycles. The first-order valence-electron chi connectivity index (χ1n) is 5.90. The normalized spacial score (nSPS) is 10.4. The number of anilines is 1. The van der Waals surface area contributed by atoms with Crippen LogP contribution in [0.4, 0.5) is 5.82 Å². The Balaban J connectivity index is 3.21. The number of likely N-dealkylation sites (N-methyl/N-ethyl adjacent to an activating group) is 1. The van der Waals surface area contributed by atoms with Gasteiger partial charge in [0.25, 0.3) is 0 Å². The van der Waals surface area contributed by atoms with Crippen LogP contribution in [0.15, 0.2) is 0 Å². The van der Waals surface area contributed by atoms with Gasteiger partial charge in [0.1, 0.15) is 4.99 Å². The minimum absolute atomic E-state index is 0.358. The molecule has 0 amide bonds. The number of aromatic nitrogens is 2. The summed E-state index contributed by atoms with van der Waals surface area (Å²) < 4.78 is 5.10. The smallest absolute Gasteiger partial charge is 0.161 e. The molecule has 2 N–H and O–H groups in total. The average molecular weight is 268 g/mol. The van der Waals surface area contributed by atoms with Gasteiger partial charge in [-0.3, -0.25) is 0 Å². The van der Waals surface area contributed by atoms with E-state index in [4.69, 9.17) is 22.7 Å².